The lowest BCUT2D eigenvalue weighted by Crippen LogP contribution is -2.13. The van der Waals surface area contributed by atoms with Crippen molar-refractivity contribution in [2.24, 2.45) is 0 Å². The molecule has 0 saturated heterocycles. The van der Waals surface area contributed by atoms with Crippen molar-refractivity contribution in [1.82, 2.24) is 9.55 Å². The predicted octanol–water partition coefficient (Wildman–Crippen LogP) is 2.04. The quantitative estimate of drug-likeness (QED) is 0.672. The minimum absolute atomic E-state index is 0.0463. The minimum Gasteiger partial charge on any atom is -0.481 e. The van der Waals surface area contributed by atoms with Crippen molar-refractivity contribution >= 4 is 46.3 Å². The summed E-state index contributed by atoms with van der Waals surface area (Å²) in [5, 5.41) is 9.69. The second-order valence-electron chi connectivity index (χ2n) is 3.87. The number of benzene rings is 1. The maximum atomic E-state index is 11.5. The highest BCUT2D eigenvalue weighted by molar-refractivity contribution is 7.99. The van der Waals surface area contributed by atoms with E-state index in [1.54, 1.807) is 22.8 Å². The molecule has 6 nitrogen and oxygen atoms in total. The fourth-order valence-corrected chi connectivity index (χ4v) is 2.56. The van der Waals surface area contributed by atoms with Gasteiger partial charge in [0, 0.05) is 5.02 Å². The van der Waals surface area contributed by atoms with Crippen LogP contribution in [0.5, 0.6) is 0 Å². The lowest BCUT2D eigenvalue weighted by molar-refractivity contribution is -0.141. The van der Waals surface area contributed by atoms with E-state index in [-0.39, 0.29) is 12.3 Å². The predicted molar refractivity (Wildman–Crippen MR) is 75.1 cm³/mol. The Morgan fingerprint density at radius 1 is 1.50 bits per heavy atom. The maximum Gasteiger partial charge on any atom is 0.325 e. The molecule has 8 heteroatoms. The molecule has 0 aliphatic heterocycles. The van der Waals surface area contributed by atoms with Gasteiger partial charge in [0.1, 0.15) is 6.54 Å². The summed E-state index contributed by atoms with van der Waals surface area (Å²) in [5.41, 5.74) is 1.31. The molecule has 20 heavy (non-hydrogen) atoms. The molecule has 0 bridgehead atoms. The van der Waals surface area contributed by atoms with Gasteiger partial charge in [0.05, 0.1) is 23.9 Å². The van der Waals surface area contributed by atoms with E-state index in [1.165, 1.54) is 7.11 Å². The van der Waals surface area contributed by atoms with Crippen LogP contribution in [0.4, 0.5) is 0 Å². The fraction of sp³-hybridized carbons (Fsp3) is 0.250. The second-order valence-corrected chi connectivity index (χ2v) is 5.25. The molecule has 0 aliphatic carbocycles. The van der Waals surface area contributed by atoms with Gasteiger partial charge in [-0.2, -0.15) is 0 Å². The highest BCUT2D eigenvalue weighted by atomic mass is 35.5. The monoisotopic (exact) mass is 314 g/mol. The smallest absolute Gasteiger partial charge is 0.325 e. The molecule has 1 heterocycles. The van der Waals surface area contributed by atoms with Crippen LogP contribution in [0.3, 0.4) is 0 Å². The highest BCUT2D eigenvalue weighted by Crippen LogP contribution is 2.26. The van der Waals surface area contributed by atoms with E-state index < -0.39 is 11.9 Å². The Labute approximate surface area is 123 Å². The van der Waals surface area contributed by atoms with Crippen LogP contribution in [0.1, 0.15) is 0 Å². The molecule has 0 fully saturated rings. The highest BCUT2D eigenvalue weighted by Gasteiger charge is 2.15. The number of imidazole rings is 1. The third kappa shape index (κ3) is 3.23. The van der Waals surface area contributed by atoms with Crippen molar-refractivity contribution in [3.63, 3.8) is 0 Å². The van der Waals surface area contributed by atoms with E-state index in [4.69, 9.17) is 16.7 Å². The molecule has 2 rings (SSSR count). The molecular weight excluding hydrogens is 304 g/mol. The van der Waals surface area contributed by atoms with Gasteiger partial charge >= 0.3 is 11.9 Å². The number of thioether (sulfide) groups is 1. The number of fused-ring (bicyclic) bond motifs is 1. The van der Waals surface area contributed by atoms with E-state index in [0.29, 0.717) is 21.2 Å². The lowest BCUT2D eigenvalue weighted by Gasteiger charge is -2.06. The number of carboxylic acids is 1. The molecule has 1 aromatic heterocycles. The maximum absolute atomic E-state index is 11.5. The molecule has 2 aromatic rings. The molecule has 0 aliphatic rings. The van der Waals surface area contributed by atoms with Gasteiger partial charge in [0.25, 0.3) is 0 Å². The Hall–Kier alpha value is -1.73. The van der Waals surface area contributed by atoms with Gasteiger partial charge in [-0.25, -0.2) is 4.98 Å². The van der Waals surface area contributed by atoms with E-state index in [9.17, 15) is 9.59 Å². The SMILES string of the molecule is COC(=O)Cn1c(SCC(=O)O)nc2ccc(Cl)cc21. The van der Waals surface area contributed by atoms with Crippen LogP contribution in [-0.2, 0) is 20.9 Å². The first-order valence-electron chi connectivity index (χ1n) is 5.58. The number of hydrogen-bond acceptors (Lipinski definition) is 5. The second kappa shape index (κ2) is 6.15. The number of nitrogens with zero attached hydrogens (tertiary/aromatic N) is 2. The molecule has 1 N–H and O–H groups in total. The van der Waals surface area contributed by atoms with Crippen molar-refractivity contribution in [1.29, 1.82) is 0 Å². The number of aromatic nitrogens is 2. The van der Waals surface area contributed by atoms with Crippen LogP contribution in [0.2, 0.25) is 5.02 Å². The molecule has 0 amide bonds. The van der Waals surface area contributed by atoms with Crippen LogP contribution in [0.25, 0.3) is 11.0 Å². The molecule has 106 valence electrons. The summed E-state index contributed by atoms with van der Waals surface area (Å²) >= 11 is 6.98. The summed E-state index contributed by atoms with van der Waals surface area (Å²) < 4.78 is 6.24. The Balaban J connectivity index is 2.45. The molecule has 0 saturated carbocycles. The number of ether oxygens (including phenoxy) is 1. The van der Waals surface area contributed by atoms with Crippen LogP contribution in [0, 0.1) is 0 Å². The number of carbonyl (C=O) groups is 2. The largest absolute Gasteiger partial charge is 0.481 e. The third-order valence-electron chi connectivity index (χ3n) is 2.51. The van der Waals surface area contributed by atoms with Crippen LogP contribution in [-0.4, -0.2) is 39.5 Å². The Kier molecular flexibility index (Phi) is 4.51. The van der Waals surface area contributed by atoms with Crippen molar-refractivity contribution in [2.45, 2.75) is 11.7 Å². The molecule has 1 aromatic carbocycles. The Bertz CT molecular complexity index is 671. The first-order chi connectivity index (χ1) is 9.51. The van der Waals surface area contributed by atoms with Gasteiger partial charge in [-0.1, -0.05) is 23.4 Å². The summed E-state index contributed by atoms with van der Waals surface area (Å²) in [6.45, 7) is -0.0463. The number of aliphatic carboxylic acids is 1. The fourth-order valence-electron chi connectivity index (χ4n) is 1.66. The number of esters is 1. The zero-order valence-electron chi connectivity index (χ0n) is 10.5. The topological polar surface area (TPSA) is 81.4 Å². The Morgan fingerprint density at radius 3 is 2.90 bits per heavy atom. The number of carbonyl (C=O) groups excluding carboxylic acids is 1. The summed E-state index contributed by atoms with van der Waals surface area (Å²) in [6, 6.07) is 5.08. The van der Waals surface area contributed by atoms with Crippen molar-refractivity contribution < 1.29 is 19.4 Å². The summed E-state index contributed by atoms with van der Waals surface area (Å²) in [5.74, 6) is -1.54. The number of rotatable bonds is 5. The van der Waals surface area contributed by atoms with Crippen LogP contribution < -0.4 is 0 Å². The number of halogens is 1. The standard InChI is InChI=1S/C12H11ClN2O4S/c1-19-11(18)5-15-9-4-7(13)2-3-8(9)14-12(15)20-6-10(16)17/h2-4H,5-6H2,1H3,(H,16,17). The van der Waals surface area contributed by atoms with Gasteiger partial charge in [0.2, 0.25) is 0 Å². The van der Waals surface area contributed by atoms with Gasteiger partial charge in [0.15, 0.2) is 5.16 Å². The minimum atomic E-state index is -0.954. The van der Waals surface area contributed by atoms with Gasteiger partial charge < -0.3 is 14.4 Å². The molecule has 0 atom stereocenters. The molecule has 0 unspecified atom stereocenters. The van der Waals surface area contributed by atoms with Gasteiger partial charge in [-0.3, -0.25) is 9.59 Å². The van der Waals surface area contributed by atoms with E-state index in [0.717, 1.165) is 11.8 Å². The van der Waals surface area contributed by atoms with Crippen molar-refractivity contribution in [3.8, 4) is 0 Å². The summed E-state index contributed by atoms with van der Waals surface area (Å²) in [6.07, 6.45) is 0. The number of methoxy groups -OCH3 is 1. The van der Waals surface area contributed by atoms with E-state index >= 15 is 0 Å². The zero-order chi connectivity index (χ0) is 14.7. The normalized spacial score (nSPS) is 10.7. The average Bonchev–Trinajstić information content (AvgIpc) is 2.74. The number of hydrogen-bond donors (Lipinski definition) is 1. The number of carboxylic acid groups (broad SMARTS) is 1. The summed E-state index contributed by atoms with van der Waals surface area (Å²) in [7, 11) is 1.29. The lowest BCUT2D eigenvalue weighted by atomic mass is 10.3. The van der Waals surface area contributed by atoms with Gasteiger partial charge in [-0.05, 0) is 18.2 Å². The van der Waals surface area contributed by atoms with Crippen LogP contribution >= 0.6 is 23.4 Å². The average molecular weight is 315 g/mol. The van der Waals surface area contributed by atoms with Gasteiger partial charge in [-0.15, -0.1) is 0 Å². The Morgan fingerprint density at radius 2 is 2.25 bits per heavy atom. The molecular formula is C12H11ClN2O4S. The van der Waals surface area contributed by atoms with E-state index in [2.05, 4.69) is 9.72 Å². The summed E-state index contributed by atoms with van der Waals surface area (Å²) in [4.78, 5) is 26.4. The molecule has 0 radical (unpaired) electrons. The third-order valence-corrected chi connectivity index (χ3v) is 3.71. The van der Waals surface area contributed by atoms with Crippen molar-refractivity contribution in [2.75, 3.05) is 12.9 Å². The molecule has 0 spiro atoms. The first kappa shape index (κ1) is 14.7. The van der Waals surface area contributed by atoms with Crippen molar-refractivity contribution in [3.05, 3.63) is 23.2 Å². The first-order valence-corrected chi connectivity index (χ1v) is 6.95. The zero-order valence-corrected chi connectivity index (χ0v) is 12.1. The van der Waals surface area contributed by atoms with Crippen LogP contribution in [0.15, 0.2) is 23.4 Å². The van der Waals surface area contributed by atoms with E-state index in [1.807, 2.05) is 0 Å².